The van der Waals surface area contributed by atoms with E-state index in [0.29, 0.717) is 0 Å². The molecule has 0 atom stereocenters. The second-order valence-electron chi connectivity index (χ2n) is 6.95. The molecule has 0 saturated heterocycles. The van der Waals surface area contributed by atoms with Gasteiger partial charge in [0.15, 0.2) is 5.78 Å². The first-order valence-corrected chi connectivity index (χ1v) is 9.10. The maximum Gasteiger partial charge on any atom is 0.196 e. The van der Waals surface area contributed by atoms with E-state index in [0.717, 1.165) is 39.0 Å². The molecular weight excluding hydrogens is 330 g/mol. The highest BCUT2D eigenvalue weighted by atomic mass is 16.1. The molecule has 1 aliphatic rings. The van der Waals surface area contributed by atoms with Crippen molar-refractivity contribution < 1.29 is 4.79 Å². The maximum atomic E-state index is 13.3. The summed E-state index contributed by atoms with van der Waals surface area (Å²) in [6.07, 6.45) is 0. The van der Waals surface area contributed by atoms with Crippen LogP contribution in [0, 0.1) is 0 Å². The molecule has 0 unspecified atom stereocenters. The first-order chi connectivity index (χ1) is 13.3. The van der Waals surface area contributed by atoms with Crippen molar-refractivity contribution >= 4 is 27.5 Å². The largest absolute Gasteiger partial charge is 0.308 e. The van der Waals surface area contributed by atoms with Crippen molar-refractivity contribution in [3.8, 4) is 16.9 Å². The molecule has 0 fully saturated rings. The highest BCUT2D eigenvalue weighted by Crippen LogP contribution is 2.45. The first kappa shape index (κ1) is 14.5. The first-order valence-electron chi connectivity index (χ1n) is 9.10. The summed E-state index contributed by atoms with van der Waals surface area (Å²) in [5.41, 5.74) is 5.81. The van der Waals surface area contributed by atoms with Gasteiger partial charge in [-0.1, -0.05) is 78.9 Å². The zero-order valence-electron chi connectivity index (χ0n) is 14.5. The molecule has 0 aliphatic heterocycles. The van der Waals surface area contributed by atoms with Crippen LogP contribution >= 0.6 is 0 Å². The van der Waals surface area contributed by atoms with E-state index in [1.54, 1.807) is 0 Å². The number of ketones is 1. The summed E-state index contributed by atoms with van der Waals surface area (Å²) in [6.45, 7) is 0. The van der Waals surface area contributed by atoms with Gasteiger partial charge in [-0.25, -0.2) is 0 Å². The van der Waals surface area contributed by atoms with Gasteiger partial charge in [-0.15, -0.1) is 0 Å². The lowest BCUT2D eigenvalue weighted by Crippen LogP contribution is -1.97. The zero-order valence-corrected chi connectivity index (χ0v) is 14.5. The van der Waals surface area contributed by atoms with E-state index in [1.807, 2.05) is 36.4 Å². The van der Waals surface area contributed by atoms with Gasteiger partial charge in [0.05, 0.1) is 16.8 Å². The highest BCUT2D eigenvalue weighted by molar-refractivity contribution is 6.30. The average molecular weight is 345 g/mol. The molecule has 0 saturated carbocycles. The lowest BCUT2D eigenvalue weighted by Gasteiger charge is -2.12. The molecule has 4 aromatic carbocycles. The van der Waals surface area contributed by atoms with Gasteiger partial charge >= 0.3 is 0 Å². The minimum atomic E-state index is 0.121. The fourth-order valence-corrected chi connectivity index (χ4v) is 4.39. The van der Waals surface area contributed by atoms with Crippen LogP contribution in [0.1, 0.15) is 15.9 Å². The molecule has 126 valence electrons. The molecule has 2 heteroatoms. The van der Waals surface area contributed by atoms with Crippen LogP contribution in [0.4, 0.5) is 0 Å². The third-order valence-electron chi connectivity index (χ3n) is 5.52. The number of fused-ring (bicyclic) bond motifs is 7. The molecule has 1 aromatic heterocycles. The molecule has 1 aliphatic carbocycles. The Hall–Kier alpha value is -3.65. The second-order valence-corrected chi connectivity index (χ2v) is 6.95. The van der Waals surface area contributed by atoms with Crippen LogP contribution in [0.3, 0.4) is 0 Å². The number of hydrogen-bond donors (Lipinski definition) is 0. The van der Waals surface area contributed by atoms with Crippen LogP contribution in [0.2, 0.25) is 0 Å². The third-order valence-corrected chi connectivity index (χ3v) is 5.52. The maximum absolute atomic E-state index is 13.3. The Kier molecular flexibility index (Phi) is 2.78. The van der Waals surface area contributed by atoms with Gasteiger partial charge in [-0.2, -0.15) is 0 Å². The Bertz CT molecular complexity index is 1380. The summed E-state index contributed by atoms with van der Waals surface area (Å²) < 4.78 is 2.26. The topological polar surface area (TPSA) is 22.0 Å². The van der Waals surface area contributed by atoms with Crippen LogP contribution in [0.15, 0.2) is 91.0 Å². The number of carbonyl (C=O) groups is 1. The Labute approximate surface area is 156 Å². The summed E-state index contributed by atoms with van der Waals surface area (Å²) in [4.78, 5) is 13.3. The van der Waals surface area contributed by atoms with Crippen molar-refractivity contribution in [1.29, 1.82) is 0 Å². The van der Waals surface area contributed by atoms with Crippen molar-refractivity contribution in [2.45, 2.75) is 0 Å². The molecule has 1 heterocycles. The molecule has 27 heavy (non-hydrogen) atoms. The average Bonchev–Trinajstić information content (AvgIpc) is 3.23. The number of hydrogen-bond acceptors (Lipinski definition) is 1. The lowest BCUT2D eigenvalue weighted by molar-refractivity contribution is 0.104. The number of aromatic nitrogens is 1. The molecule has 0 radical (unpaired) electrons. The summed E-state index contributed by atoms with van der Waals surface area (Å²) in [7, 11) is 0. The SMILES string of the molecule is O=C1c2ccccc2-c2c1c1ccc3ccccc3c1n2-c1ccccc1. The van der Waals surface area contributed by atoms with E-state index in [9.17, 15) is 4.79 Å². The molecule has 0 amide bonds. The fourth-order valence-electron chi connectivity index (χ4n) is 4.39. The zero-order chi connectivity index (χ0) is 18.0. The number of carbonyl (C=O) groups excluding carboxylic acids is 1. The Morgan fingerprint density at radius 1 is 0.593 bits per heavy atom. The Morgan fingerprint density at radius 2 is 1.30 bits per heavy atom. The summed E-state index contributed by atoms with van der Waals surface area (Å²) in [6, 6.07) is 30.8. The predicted molar refractivity (Wildman–Crippen MR) is 110 cm³/mol. The number of benzene rings is 4. The minimum Gasteiger partial charge on any atom is -0.308 e. The van der Waals surface area contributed by atoms with Crippen LogP contribution in [-0.2, 0) is 0 Å². The molecule has 5 aromatic rings. The Balaban J connectivity index is 1.90. The second kappa shape index (κ2) is 5.18. The normalized spacial score (nSPS) is 12.5. The van der Waals surface area contributed by atoms with Gasteiger partial charge < -0.3 is 4.57 Å². The van der Waals surface area contributed by atoms with Gasteiger partial charge in [0, 0.05) is 27.6 Å². The molecule has 2 nitrogen and oxygen atoms in total. The number of nitrogens with zero attached hydrogens (tertiary/aromatic N) is 1. The number of para-hydroxylation sites is 1. The molecule has 6 rings (SSSR count). The monoisotopic (exact) mass is 345 g/mol. The lowest BCUT2D eigenvalue weighted by atomic mass is 10.0. The highest BCUT2D eigenvalue weighted by Gasteiger charge is 2.34. The van der Waals surface area contributed by atoms with E-state index in [-0.39, 0.29) is 5.78 Å². The standard InChI is InChI=1S/C25H15NO/c27-25-20-13-7-6-12-19(20)24-22(25)21-15-14-16-8-4-5-11-18(16)23(21)26(24)17-9-2-1-3-10-17/h1-15H. The van der Waals surface area contributed by atoms with Crippen molar-refractivity contribution in [1.82, 2.24) is 4.57 Å². The third kappa shape index (κ3) is 1.82. The van der Waals surface area contributed by atoms with Crippen LogP contribution in [-0.4, -0.2) is 10.4 Å². The summed E-state index contributed by atoms with van der Waals surface area (Å²) >= 11 is 0. The van der Waals surface area contributed by atoms with Crippen molar-refractivity contribution in [2.75, 3.05) is 0 Å². The van der Waals surface area contributed by atoms with E-state index in [1.165, 1.54) is 10.8 Å². The molecule has 0 N–H and O–H groups in total. The minimum absolute atomic E-state index is 0.121. The van der Waals surface area contributed by atoms with Gasteiger partial charge in [0.25, 0.3) is 0 Å². The van der Waals surface area contributed by atoms with Crippen LogP contribution in [0.25, 0.3) is 38.6 Å². The summed E-state index contributed by atoms with van der Waals surface area (Å²) in [5, 5.41) is 3.37. The summed E-state index contributed by atoms with van der Waals surface area (Å²) in [5.74, 6) is 0.121. The van der Waals surface area contributed by atoms with Crippen molar-refractivity contribution in [3.63, 3.8) is 0 Å². The van der Waals surface area contributed by atoms with Gasteiger partial charge in [-0.05, 0) is 17.5 Å². The van der Waals surface area contributed by atoms with Gasteiger partial charge in [0.1, 0.15) is 0 Å². The van der Waals surface area contributed by atoms with Crippen molar-refractivity contribution in [2.24, 2.45) is 0 Å². The van der Waals surface area contributed by atoms with Crippen LogP contribution in [0.5, 0.6) is 0 Å². The number of rotatable bonds is 1. The van der Waals surface area contributed by atoms with Crippen molar-refractivity contribution in [3.05, 3.63) is 102 Å². The quantitative estimate of drug-likeness (QED) is 0.358. The van der Waals surface area contributed by atoms with E-state index >= 15 is 0 Å². The fraction of sp³-hybridized carbons (Fsp3) is 0. The predicted octanol–water partition coefficient (Wildman–Crippen LogP) is 6.00. The molecule has 0 spiro atoms. The van der Waals surface area contributed by atoms with Gasteiger partial charge in [0.2, 0.25) is 0 Å². The molecular formula is C25H15NO. The van der Waals surface area contributed by atoms with E-state index in [2.05, 4.69) is 59.2 Å². The molecule has 0 bridgehead atoms. The Morgan fingerprint density at radius 3 is 2.15 bits per heavy atom. The van der Waals surface area contributed by atoms with Crippen LogP contribution < -0.4 is 0 Å². The smallest absolute Gasteiger partial charge is 0.196 e. The van der Waals surface area contributed by atoms with E-state index in [4.69, 9.17) is 0 Å². The van der Waals surface area contributed by atoms with E-state index < -0.39 is 0 Å². The van der Waals surface area contributed by atoms with Gasteiger partial charge in [-0.3, -0.25) is 4.79 Å².